The molecule has 1 N–H and O–H groups in total. The number of carbonyl (C=O) groups is 1. The first-order valence-corrected chi connectivity index (χ1v) is 4.37. The molecule has 0 aliphatic heterocycles. The smallest absolute Gasteiger partial charge is 0.133 e. The van der Waals surface area contributed by atoms with Crippen molar-refractivity contribution in [2.45, 2.75) is 32.3 Å². The lowest BCUT2D eigenvalue weighted by Gasteiger charge is -2.23. The van der Waals surface area contributed by atoms with Crippen LogP contribution in [0.25, 0.3) is 0 Å². The summed E-state index contributed by atoms with van der Waals surface area (Å²) in [4.78, 5) is 11.1. The van der Waals surface area contributed by atoms with Crippen LogP contribution >= 0.6 is 0 Å². The van der Waals surface area contributed by atoms with Crippen LogP contribution in [0.3, 0.4) is 0 Å². The van der Waals surface area contributed by atoms with Gasteiger partial charge in [0.2, 0.25) is 0 Å². The van der Waals surface area contributed by atoms with Crippen molar-refractivity contribution < 1.29 is 9.90 Å². The Morgan fingerprint density at radius 3 is 2.45 bits per heavy atom. The molecule has 2 aliphatic rings. The minimum Gasteiger partial charge on any atom is -0.393 e. The SMILES string of the molecule is CC(=O)C1CC2CC(O)C1C2. The summed E-state index contributed by atoms with van der Waals surface area (Å²) in [6, 6.07) is 0. The molecule has 2 heteroatoms. The summed E-state index contributed by atoms with van der Waals surface area (Å²) in [7, 11) is 0. The summed E-state index contributed by atoms with van der Waals surface area (Å²) < 4.78 is 0. The molecule has 0 spiro atoms. The van der Waals surface area contributed by atoms with Gasteiger partial charge >= 0.3 is 0 Å². The quantitative estimate of drug-likeness (QED) is 0.611. The van der Waals surface area contributed by atoms with Crippen LogP contribution < -0.4 is 0 Å². The maximum Gasteiger partial charge on any atom is 0.133 e. The van der Waals surface area contributed by atoms with Crippen molar-refractivity contribution in [2.24, 2.45) is 17.8 Å². The fourth-order valence-corrected chi connectivity index (χ4v) is 2.78. The van der Waals surface area contributed by atoms with E-state index in [0.717, 1.165) is 19.3 Å². The minimum absolute atomic E-state index is 0.178. The molecule has 0 radical (unpaired) electrons. The number of ketones is 1. The molecule has 4 atom stereocenters. The van der Waals surface area contributed by atoms with Crippen molar-refractivity contribution in [3.63, 3.8) is 0 Å². The second-order valence-electron chi connectivity index (χ2n) is 4.02. The normalized spacial score (nSPS) is 48.2. The van der Waals surface area contributed by atoms with Gasteiger partial charge in [0.1, 0.15) is 5.78 Å². The zero-order chi connectivity index (χ0) is 8.01. The molecule has 2 saturated carbocycles. The third-order valence-corrected chi connectivity index (χ3v) is 3.30. The summed E-state index contributed by atoms with van der Waals surface area (Å²) in [6.07, 6.45) is 2.89. The average Bonchev–Trinajstić information content (AvgIpc) is 2.43. The average molecular weight is 154 g/mol. The number of fused-ring (bicyclic) bond motifs is 2. The molecule has 62 valence electrons. The second-order valence-corrected chi connectivity index (χ2v) is 4.02. The Labute approximate surface area is 66.6 Å². The van der Waals surface area contributed by atoms with E-state index in [-0.39, 0.29) is 17.8 Å². The summed E-state index contributed by atoms with van der Waals surface area (Å²) >= 11 is 0. The van der Waals surface area contributed by atoms with E-state index in [0.29, 0.717) is 11.8 Å². The van der Waals surface area contributed by atoms with Crippen LogP contribution in [0.5, 0.6) is 0 Å². The molecule has 0 saturated heterocycles. The van der Waals surface area contributed by atoms with Crippen LogP contribution in [0, 0.1) is 17.8 Å². The first-order valence-electron chi connectivity index (χ1n) is 4.37. The zero-order valence-corrected chi connectivity index (χ0v) is 6.79. The predicted octanol–water partition coefficient (Wildman–Crippen LogP) is 0.982. The highest BCUT2D eigenvalue weighted by Crippen LogP contribution is 2.48. The van der Waals surface area contributed by atoms with E-state index in [2.05, 4.69) is 0 Å². The lowest BCUT2D eigenvalue weighted by Crippen LogP contribution is -2.28. The molecule has 4 unspecified atom stereocenters. The van der Waals surface area contributed by atoms with Gasteiger partial charge in [-0.05, 0) is 38.0 Å². The van der Waals surface area contributed by atoms with Crippen molar-refractivity contribution in [1.29, 1.82) is 0 Å². The van der Waals surface area contributed by atoms with Gasteiger partial charge in [-0.3, -0.25) is 4.79 Å². The molecule has 2 aliphatic carbocycles. The summed E-state index contributed by atoms with van der Waals surface area (Å²) in [6.45, 7) is 1.65. The van der Waals surface area contributed by atoms with Gasteiger partial charge in [0.05, 0.1) is 6.10 Å². The van der Waals surface area contributed by atoms with Crippen LogP contribution in [-0.4, -0.2) is 17.0 Å². The number of hydrogen-bond acceptors (Lipinski definition) is 2. The molecular formula is C9H14O2. The van der Waals surface area contributed by atoms with Crippen molar-refractivity contribution in [1.82, 2.24) is 0 Å². The lowest BCUT2D eigenvalue weighted by atomic mass is 9.84. The van der Waals surface area contributed by atoms with Crippen LogP contribution in [0.4, 0.5) is 0 Å². The van der Waals surface area contributed by atoms with Gasteiger partial charge in [-0.2, -0.15) is 0 Å². The molecule has 0 aromatic carbocycles. The van der Waals surface area contributed by atoms with Crippen molar-refractivity contribution >= 4 is 5.78 Å². The summed E-state index contributed by atoms with van der Waals surface area (Å²) in [5.41, 5.74) is 0. The highest BCUT2D eigenvalue weighted by molar-refractivity contribution is 5.79. The van der Waals surface area contributed by atoms with Gasteiger partial charge in [-0.1, -0.05) is 0 Å². The highest BCUT2D eigenvalue weighted by atomic mass is 16.3. The number of rotatable bonds is 1. The van der Waals surface area contributed by atoms with Gasteiger partial charge in [-0.15, -0.1) is 0 Å². The summed E-state index contributed by atoms with van der Waals surface area (Å²) in [5.74, 6) is 1.40. The fourth-order valence-electron chi connectivity index (χ4n) is 2.78. The second kappa shape index (κ2) is 2.31. The Balaban J connectivity index is 2.12. The van der Waals surface area contributed by atoms with E-state index in [1.165, 1.54) is 0 Å². The van der Waals surface area contributed by atoms with E-state index in [4.69, 9.17) is 0 Å². The molecule has 0 aromatic heterocycles. The molecule has 2 rings (SSSR count). The van der Waals surface area contributed by atoms with Crippen LogP contribution in [0.15, 0.2) is 0 Å². The van der Waals surface area contributed by atoms with E-state index >= 15 is 0 Å². The Bertz CT molecular complexity index is 188. The molecule has 11 heavy (non-hydrogen) atoms. The van der Waals surface area contributed by atoms with Gasteiger partial charge in [0.25, 0.3) is 0 Å². The Morgan fingerprint density at radius 1 is 1.36 bits per heavy atom. The van der Waals surface area contributed by atoms with Crippen LogP contribution in [0.1, 0.15) is 26.2 Å². The Hall–Kier alpha value is -0.370. The molecular weight excluding hydrogens is 140 g/mol. The van der Waals surface area contributed by atoms with Crippen LogP contribution in [-0.2, 0) is 4.79 Å². The van der Waals surface area contributed by atoms with Gasteiger partial charge in [0.15, 0.2) is 0 Å². The number of aliphatic hydroxyl groups excluding tert-OH is 1. The van der Waals surface area contributed by atoms with Crippen LogP contribution in [0.2, 0.25) is 0 Å². The number of aliphatic hydroxyl groups is 1. The maximum atomic E-state index is 11.1. The maximum absolute atomic E-state index is 11.1. The first kappa shape index (κ1) is 7.29. The van der Waals surface area contributed by atoms with Crippen molar-refractivity contribution in [2.75, 3.05) is 0 Å². The van der Waals surface area contributed by atoms with E-state index < -0.39 is 0 Å². The van der Waals surface area contributed by atoms with Crippen molar-refractivity contribution in [3.05, 3.63) is 0 Å². The topological polar surface area (TPSA) is 37.3 Å². The van der Waals surface area contributed by atoms with Gasteiger partial charge in [0, 0.05) is 5.92 Å². The molecule has 0 amide bonds. The van der Waals surface area contributed by atoms with Crippen molar-refractivity contribution in [3.8, 4) is 0 Å². The number of hydrogen-bond donors (Lipinski definition) is 1. The highest BCUT2D eigenvalue weighted by Gasteiger charge is 2.47. The molecule has 2 nitrogen and oxygen atoms in total. The predicted molar refractivity (Wildman–Crippen MR) is 41.0 cm³/mol. The van der Waals surface area contributed by atoms with Gasteiger partial charge < -0.3 is 5.11 Å². The van der Waals surface area contributed by atoms with E-state index in [9.17, 15) is 9.90 Å². The molecule has 0 aromatic rings. The fraction of sp³-hybridized carbons (Fsp3) is 0.889. The zero-order valence-electron chi connectivity index (χ0n) is 6.79. The molecule has 2 fully saturated rings. The van der Waals surface area contributed by atoms with E-state index in [1.807, 2.05) is 0 Å². The van der Waals surface area contributed by atoms with E-state index in [1.54, 1.807) is 6.92 Å². The lowest BCUT2D eigenvalue weighted by molar-refractivity contribution is -0.123. The summed E-state index contributed by atoms with van der Waals surface area (Å²) in [5, 5.41) is 9.49. The standard InChI is InChI=1S/C9H14O2/c1-5(10)7-2-6-3-8(7)9(11)4-6/h6-9,11H,2-4H2,1H3. The largest absolute Gasteiger partial charge is 0.393 e. The first-order chi connectivity index (χ1) is 5.18. The Morgan fingerprint density at radius 2 is 2.09 bits per heavy atom. The minimum atomic E-state index is -0.178. The monoisotopic (exact) mass is 154 g/mol. The number of carbonyl (C=O) groups excluding carboxylic acids is 1. The molecule has 2 bridgehead atoms. The third-order valence-electron chi connectivity index (χ3n) is 3.30. The number of Topliss-reactive ketones (excluding diaryl/α,β-unsaturated/α-hetero) is 1. The molecule has 0 heterocycles. The van der Waals surface area contributed by atoms with Gasteiger partial charge in [-0.25, -0.2) is 0 Å². The third kappa shape index (κ3) is 1.00. The Kier molecular flexibility index (Phi) is 1.53.